The maximum atomic E-state index is 5.48. The van der Waals surface area contributed by atoms with Gasteiger partial charge in [0.2, 0.25) is 0 Å². The quantitative estimate of drug-likeness (QED) is 0.424. The SMILES string of the molecule is CCNC(=NCCCCN(C)c1ccccc1)N(C)CC1CCOC1. The molecule has 1 fully saturated rings. The van der Waals surface area contributed by atoms with Crippen LogP contribution in [0.4, 0.5) is 5.69 Å². The Hall–Kier alpha value is -1.75. The lowest BCUT2D eigenvalue weighted by Crippen LogP contribution is -2.41. The Bertz CT molecular complexity index is 500. The standard InChI is InChI=1S/C20H34N4O/c1-4-21-20(24(3)16-18-12-15-25-17-18)22-13-8-9-14-23(2)19-10-6-5-7-11-19/h5-7,10-11,18H,4,8-9,12-17H2,1-3H3,(H,21,22). The topological polar surface area (TPSA) is 40.1 Å². The van der Waals surface area contributed by atoms with Gasteiger partial charge in [0.25, 0.3) is 0 Å². The Morgan fingerprint density at radius 3 is 2.72 bits per heavy atom. The van der Waals surface area contributed by atoms with Crippen LogP contribution in [-0.2, 0) is 4.74 Å². The second-order valence-electron chi connectivity index (χ2n) is 6.81. The van der Waals surface area contributed by atoms with Crippen molar-refractivity contribution in [2.45, 2.75) is 26.2 Å². The Morgan fingerprint density at radius 1 is 1.24 bits per heavy atom. The highest BCUT2D eigenvalue weighted by atomic mass is 16.5. The van der Waals surface area contributed by atoms with Crippen molar-refractivity contribution in [3.63, 3.8) is 0 Å². The van der Waals surface area contributed by atoms with Crippen LogP contribution in [0.1, 0.15) is 26.2 Å². The van der Waals surface area contributed by atoms with Crippen molar-refractivity contribution in [1.29, 1.82) is 0 Å². The molecule has 0 spiro atoms. The number of guanidine groups is 1. The highest BCUT2D eigenvalue weighted by molar-refractivity contribution is 5.79. The summed E-state index contributed by atoms with van der Waals surface area (Å²) in [7, 11) is 4.28. The monoisotopic (exact) mass is 346 g/mol. The fraction of sp³-hybridized carbons (Fsp3) is 0.650. The molecule has 0 saturated carbocycles. The van der Waals surface area contributed by atoms with Gasteiger partial charge in [0.15, 0.2) is 5.96 Å². The molecule has 1 aromatic carbocycles. The first kappa shape index (κ1) is 19.6. The van der Waals surface area contributed by atoms with Gasteiger partial charge < -0.3 is 19.9 Å². The largest absolute Gasteiger partial charge is 0.381 e. The molecule has 1 unspecified atom stereocenters. The Kier molecular flexibility index (Phi) is 8.60. The van der Waals surface area contributed by atoms with Gasteiger partial charge >= 0.3 is 0 Å². The molecule has 0 amide bonds. The molecule has 1 heterocycles. The average molecular weight is 347 g/mol. The van der Waals surface area contributed by atoms with Crippen molar-refractivity contribution >= 4 is 11.6 Å². The van der Waals surface area contributed by atoms with Gasteiger partial charge in [0.05, 0.1) is 6.61 Å². The van der Waals surface area contributed by atoms with Crippen LogP contribution < -0.4 is 10.2 Å². The predicted molar refractivity (Wildman–Crippen MR) is 106 cm³/mol. The summed E-state index contributed by atoms with van der Waals surface area (Å²) in [6.07, 6.45) is 3.41. The van der Waals surface area contributed by atoms with Crippen LogP contribution >= 0.6 is 0 Å². The molecule has 1 aromatic rings. The molecule has 25 heavy (non-hydrogen) atoms. The number of hydrogen-bond acceptors (Lipinski definition) is 3. The third-order valence-electron chi connectivity index (χ3n) is 4.61. The summed E-state index contributed by atoms with van der Waals surface area (Å²) in [6, 6.07) is 10.5. The lowest BCUT2D eigenvalue weighted by atomic mass is 10.1. The fourth-order valence-electron chi connectivity index (χ4n) is 3.13. The molecule has 0 aliphatic carbocycles. The van der Waals surface area contributed by atoms with Gasteiger partial charge in [0, 0.05) is 58.5 Å². The summed E-state index contributed by atoms with van der Waals surface area (Å²) in [6.45, 7) is 7.76. The molecule has 2 rings (SSSR count). The lowest BCUT2D eigenvalue weighted by molar-refractivity contribution is 0.181. The second-order valence-corrected chi connectivity index (χ2v) is 6.81. The molecular formula is C20H34N4O. The zero-order valence-corrected chi connectivity index (χ0v) is 16.1. The van der Waals surface area contributed by atoms with Gasteiger partial charge in [-0.25, -0.2) is 0 Å². The molecular weight excluding hydrogens is 312 g/mol. The van der Waals surface area contributed by atoms with Crippen molar-refractivity contribution in [2.24, 2.45) is 10.9 Å². The van der Waals surface area contributed by atoms with Crippen LogP contribution in [-0.4, -0.2) is 64.3 Å². The highest BCUT2D eigenvalue weighted by Gasteiger charge is 2.18. The molecule has 0 radical (unpaired) electrons. The van der Waals surface area contributed by atoms with Crippen molar-refractivity contribution in [3.8, 4) is 0 Å². The minimum Gasteiger partial charge on any atom is -0.381 e. The fourth-order valence-corrected chi connectivity index (χ4v) is 3.13. The highest BCUT2D eigenvalue weighted by Crippen LogP contribution is 2.13. The summed E-state index contributed by atoms with van der Waals surface area (Å²) in [4.78, 5) is 9.35. The molecule has 1 N–H and O–H groups in total. The number of anilines is 1. The number of rotatable bonds is 9. The molecule has 1 aliphatic heterocycles. The molecule has 140 valence electrons. The number of ether oxygens (including phenoxy) is 1. The normalized spacial score (nSPS) is 17.6. The average Bonchev–Trinajstić information content (AvgIpc) is 3.14. The van der Waals surface area contributed by atoms with E-state index in [4.69, 9.17) is 9.73 Å². The van der Waals surface area contributed by atoms with Crippen LogP contribution in [0.3, 0.4) is 0 Å². The third-order valence-corrected chi connectivity index (χ3v) is 4.61. The van der Waals surface area contributed by atoms with Crippen molar-refractivity contribution in [1.82, 2.24) is 10.2 Å². The number of benzene rings is 1. The molecule has 0 bridgehead atoms. The maximum absolute atomic E-state index is 5.48. The van der Waals surface area contributed by atoms with Gasteiger partial charge in [-0.1, -0.05) is 18.2 Å². The molecule has 5 nitrogen and oxygen atoms in total. The van der Waals surface area contributed by atoms with Crippen LogP contribution in [0.15, 0.2) is 35.3 Å². The van der Waals surface area contributed by atoms with E-state index in [2.05, 4.69) is 66.5 Å². The number of aliphatic imine (C=N–C) groups is 1. The first-order valence-electron chi connectivity index (χ1n) is 9.54. The van der Waals surface area contributed by atoms with Crippen LogP contribution in [0, 0.1) is 5.92 Å². The van der Waals surface area contributed by atoms with E-state index in [9.17, 15) is 0 Å². The van der Waals surface area contributed by atoms with Gasteiger partial charge in [-0.3, -0.25) is 4.99 Å². The Morgan fingerprint density at radius 2 is 2.04 bits per heavy atom. The Balaban J connectivity index is 1.71. The minimum atomic E-state index is 0.633. The van der Waals surface area contributed by atoms with E-state index < -0.39 is 0 Å². The van der Waals surface area contributed by atoms with E-state index in [-0.39, 0.29) is 0 Å². The zero-order chi connectivity index (χ0) is 17.9. The number of nitrogens with zero attached hydrogens (tertiary/aromatic N) is 3. The molecule has 0 aromatic heterocycles. The van der Waals surface area contributed by atoms with Gasteiger partial charge in [0.1, 0.15) is 0 Å². The van der Waals surface area contributed by atoms with Gasteiger partial charge in [-0.15, -0.1) is 0 Å². The number of nitrogens with one attached hydrogen (secondary N) is 1. The first-order valence-corrected chi connectivity index (χ1v) is 9.54. The maximum Gasteiger partial charge on any atom is 0.193 e. The van der Waals surface area contributed by atoms with Crippen molar-refractivity contribution in [3.05, 3.63) is 30.3 Å². The number of hydrogen-bond donors (Lipinski definition) is 1. The predicted octanol–water partition coefficient (Wildman–Crippen LogP) is 2.84. The van der Waals surface area contributed by atoms with E-state index in [1.807, 2.05) is 0 Å². The summed E-state index contributed by atoms with van der Waals surface area (Å²) in [5.41, 5.74) is 1.28. The van der Waals surface area contributed by atoms with Gasteiger partial charge in [-0.05, 0) is 38.3 Å². The first-order chi connectivity index (χ1) is 12.2. The molecule has 5 heteroatoms. The lowest BCUT2D eigenvalue weighted by Gasteiger charge is -2.24. The Labute approximate surface area is 153 Å². The molecule has 1 saturated heterocycles. The summed E-state index contributed by atoms with van der Waals surface area (Å²) >= 11 is 0. The smallest absolute Gasteiger partial charge is 0.193 e. The van der Waals surface area contributed by atoms with E-state index in [1.54, 1.807) is 0 Å². The van der Waals surface area contributed by atoms with Crippen molar-refractivity contribution in [2.75, 3.05) is 58.4 Å². The van der Waals surface area contributed by atoms with E-state index in [1.165, 1.54) is 5.69 Å². The summed E-state index contributed by atoms with van der Waals surface area (Å²) in [5, 5.41) is 3.41. The van der Waals surface area contributed by atoms with Gasteiger partial charge in [-0.2, -0.15) is 0 Å². The number of para-hydroxylation sites is 1. The number of unbranched alkanes of at least 4 members (excludes halogenated alkanes) is 1. The second kappa shape index (κ2) is 11.0. The van der Waals surface area contributed by atoms with Crippen LogP contribution in [0.2, 0.25) is 0 Å². The minimum absolute atomic E-state index is 0.633. The molecule has 1 aliphatic rings. The summed E-state index contributed by atoms with van der Waals surface area (Å²) in [5.74, 6) is 1.65. The van der Waals surface area contributed by atoms with Crippen molar-refractivity contribution < 1.29 is 4.74 Å². The third kappa shape index (κ3) is 6.94. The molecule has 1 atom stereocenters. The summed E-state index contributed by atoms with van der Waals surface area (Å²) < 4.78 is 5.48. The van der Waals surface area contributed by atoms with E-state index >= 15 is 0 Å². The van der Waals surface area contributed by atoms with E-state index in [0.717, 1.165) is 64.6 Å². The zero-order valence-electron chi connectivity index (χ0n) is 16.1. The van der Waals surface area contributed by atoms with Crippen LogP contribution in [0.25, 0.3) is 0 Å². The van der Waals surface area contributed by atoms with E-state index in [0.29, 0.717) is 5.92 Å². The van der Waals surface area contributed by atoms with Crippen LogP contribution in [0.5, 0.6) is 0 Å².